The van der Waals surface area contributed by atoms with Crippen LogP contribution in [0.1, 0.15) is 38.2 Å². The van der Waals surface area contributed by atoms with Gasteiger partial charge in [0.1, 0.15) is 12.2 Å². The molecule has 1 aliphatic rings. The molecule has 5 atom stereocenters. The van der Waals surface area contributed by atoms with Gasteiger partial charge in [0.2, 0.25) is 14.3 Å². The van der Waals surface area contributed by atoms with Crippen LogP contribution < -0.4 is 22.2 Å². The van der Waals surface area contributed by atoms with Gasteiger partial charge in [-0.25, -0.2) is 10.3 Å². The van der Waals surface area contributed by atoms with Gasteiger partial charge in [-0.3, -0.25) is 44.9 Å². The van der Waals surface area contributed by atoms with E-state index in [1.54, 1.807) is 0 Å². The molecule has 18 heteroatoms. The van der Waals surface area contributed by atoms with Crippen molar-refractivity contribution in [3.05, 3.63) is 77.1 Å². The van der Waals surface area contributed by atoms with Crippen LogP contribution in [0.3, 0.4) is 0 Å². The predicted molar refractivity (Wildman–Crippen MR) is 135 cm³/mol. The molecule has 0 bridgehead atoms. The quantitative estimate of drug-likeness (QED) is 0.0895. The first-order valence-corrected chi connectivity index (χ1v) is 13.2. The number of aliphatic hydroxyl groups is 1. The number of hydroxylamine groups is 1. The summed E-state index contributed by atoms with van der Waals surface area (Å²) < 4.78 is 11.8. The van der Waals surface area contributed by atoms with E-state index in [0.29, 0.717) is 6.42 Å². The monoisotopic (exact) mass is 572 g/mol. The molecule has 1 unspecified atom stereocenters. The first-order chi connectivity index (χ1) is 18.5. The number of unbranched alkanes of at least 4 members (excludes halogenated alkanes) is 3. The van der Waals surface area contributed by atoms with E-state index in [1.807, 2.05) is 11.9 Å². The Kier molecular flexibility index (Phi) is 10.3. The van der Waals surface area contributed by atoms with E-state index >= 15 is 0 Å². The van der Waals surface area contributed by atoms with Crippen LogP contribution in [0.15, 0.2) is 40.1 Å². The summed E-state index contributed by atoms with van der Waals surface area (Å²) in [6.45, 7) is 1.77. The van der Waals surface area contributed by atoms with E-state index in [0.717, 1.165) is 54.3 Å². The Labute approximate surface area is 221 Å². The molecule has 1 aromatic heterocycles. The molecule has 2 heterocycles. The number of nitro groups is 2. The van der Waals surface area contributed by atoms with Crippen molar-refractivity contribution in [2.75, 3.05) is 13.2 Å². The highest BCUT2D eigenvalue weighted by atomic mass is 31.2. The van der Waals surface area contributed by atoms with Crippen LogP contribution in [0.4, 0.5) is 11.4 Å². The number of aromatic amines is 1. The van der Waals surface area contributed by atoms with Crippen molar-refractivity contribution >= 4 is 19.9 Å². The average molecular weight is 572 g/mol. The third kappa shape index (κ3) is 6.54. The highest BCUT2D eigenvalue weighted by molar-refractivity contribution is 7.43. The van der Waals surface area contributed by atoms with Gasteiger partial charge in [-0.15, -0.1) is 0 Å². The van der Waals surface area contributed by atoms with Gasteiger partial charge < -0.3 is 19.3 Å². The smallest absolute Gasteiger partial charge is 0.354 e. The van der Waals surface area contributed by atoms with Gasteiger partial charge in [-0.1, -0.05) is 32.3 Å². The number of nitrogens with one attached hydrogen (secondary N) is 2. The number of nitrogens with zero attached hydrogens (tertiary/aromatic N) is 3. The predicted octanol–water partition coefficient (Wildman–Crippen LogP) is 0.478. The Morgan fingerprint density at radius 1 is 1.23 bits per heavy atom. The highest BCUT2D eigenvalue weighted by Gasteiger charge is 2.62. The maximum atomic E-state index is 13.1. The van der Waals surface area contributed by atoms with Crippen molar-refractivity contribution in [2.24, 2.45) is 5.50 Å². The molecule has 1 saturated heterocycles. The molecule has 3 rings (SSSR count). The summed E-state index contributed by atoms with van der Waals surface area (Å²) in [5.74, 6) is 0. The lowest BCUT2D eigenvalue weighted by atomic mass is 9.92. The molecule has 2 aromatic rings. The summed E-state index contributed by atoms with van der Waals surface area (Å²) >= 11 is 0. The zero-order chi connectivity index (χ0) is 28.7. The molecular formula is C21H29N6O11P. The zero-order valence-electron chi connectivity index (χ0n) is 20.8. The maximum Gasteiger partial charge on any atom is 0.354 e. The Bertz CT molecular complexity index is 1290. The summed E-state index contributed by atoms with van der Waals surface area (Å²) in [6.07, 6.45) is -0.352. The maximum absolute atomic E-state index is 13.1. The number of benzene rings is 1. The topological polar surface area (TPSA) is 247 Å². The Balaban J connectivity index is 2.26. The number of nitrogens with two attached hydrogens (primary N) is 1. The van der Waals surface area contributed by atoms with Crippen molar-refractivity contribution in [3.8, 4) is 0 Å². The highest BCUT2D eigenvalue weighted by Crippen LogP contribution is 2.48. The van der Waals surface area contributed by atoms with Crippen LogP contribution in [-0.4, -0.2) is 60.9 Å². The summed E-state index contributed by atoms with van der Waals surface area (Å²) in [5.41, 5.74) is 1.14. The first-order valence-electron chi connectivity index (χ1n) is 11.9. The third-order valence-electron chi connectivity index (χ3n) is 6.08. The van der Waals surface area contributed by atoms with Crippen molar-refractivity contribution in [3.63, 3.8) is 0 Å². The molecule has 6 N–H and O–H groups in total. The van der Waals surface area contributed by atoms with Crippen LogP contribution in [0.25, 0.3) is 0 Å². The van der Waals surface area contributed by atoms with E-state index in [9.17, 15) is 39.8 Å². The Morgan fingerprint density at radius 3 is 2.59 bits per heavy atom. The fourth-order valence-corrected chi connectivity index (χ4v) is 4.68. The van der Waals surface area contributed by atoms with Crippen LogP contribution >= 0.6 is 8.53 Å². The lowest BCUT2D eigenvalue weighted by Crippen LogP contribution is -2.54. The molecule has 214 valence electrons. The summed E-state index contributed by atoms with van der Waals surface area (Å²) in [6, 6.07) is 4.07. The molecule has 0 saturated carbocycles. The standard InChI is InChI=1S/C21H29N6O11P/c1-2-3-4-5-10-23-38-19-18(29)15(12-36-39(22)35)37-21(19,25-11-9-16(28)24-20(25)30)13-7-6-8-14(26(31)32)17(13)27(33)34/h6-9,11,15,18-19,23,29,35H,2-5,10,12,22H2,1H3,(H,24,28,30)/t15-,18-,19-,21-,39?/m1/s1. The van der Waals surface area contributed by atoms with Gasteiger partial charge in [0, 0.05) is 24.9 Å². The summed E-state index contributed by atoms with van der Waals surface area (Å²) in [5, 5.41) is 35.1. The van der Waals surface area contributed by atoms with Gasteiger partial charge in [0.25, 0.3) is 5.56 Å². The number of hydrogen-bond acceptors (Lipinski definition) is 13. The minimum atomic E-state index is -2.44. The van der Waals surface area contributed by atoms with Gasteiger partial charge in [-0.2, -0.15) is 0 Å². The van der Waals surface area contributed by atoms with Gasteiger partial charge in [0.15, 0.2) is 6.10 Å². The van der Waals surface area contributed by atoms with Crippen molar-refractivity contribution in [2.45, 2.75) is 56.6 Å². The van der Waals surface area contributed by atoms with E-state index in [2.05, 4.69) is 5.48 Å². The molecule has 1 aromatic carbocycles. The van der Waals surface area contributed by atoms with Gasteiger partial charge >= 0.3 is 17.1 Å². The molecule has 1 fully saturated rings. The number of nitro benzene ring substituents is 2. The number of H-pyrrole nitrogens is 1. The fourth-order valence-electron chi connectivity index (χ4n) is 4.38. The first kappa shape index (κ1) is 30.4. The normalized spacial score (nSPS) is 23.5. The molecule has 1 aliphatic heterocycles. The van der Waals surface area contributed by atoms with Crippen LogP contribution in [0, 0.1) is 20.2 Å². The van der Waals surface area contributed by atoms with Gasteiger partial charge in [-0.05, 0) is 12.5 Å². The lowest BCUT2D eigenvalue weighted by Gasteiger charge is -2.35. The zero-order valence-corrected chi connectivity index (χ0v) is 21.7. The molecule has 0 spiro atoms. The van der Waals surface area contributed by atoms with Gasteiger partial charge in [0.05, 0.1) is 22.0 Å². The largest absolute Gasteiger partial charge is 0.387 e. The number of ether oxygens (including phenoxy) is 1. The second-order valence-electron chi connectivity index (χ2n) is 8.60. The van der Waals surface area contributed by atoms with E-state index in [1.165, 1.54) is 0 Å². The molecule has 0 aliphatic carbocycles. The number of aromatic nitrogens is 2. The molecule has 39 heavy (non-hydrogen) atoms. The lowest BCUT2D eigenvalue weighted by molar-refractivity contribution is -0.424. The second-order valence-corrected chi connectivity index (χ2v) is 9.47. The second kappa shape index (κ2) is 13.3. The Morgan fingerprint density at radius 2 is 1.97 bits per heavy atom. The molecular weight excluding hydrogens is 543 g/mol. The Hall–Kier alpha value is -3.15. The summed E-state index contributed by atoms with van der Waals surface area (Å²) in [7, 11) is -2.41. The summed E-state index contributed by atoms with van der Waals surface area (Å²) in [4.78, 5) is 64.0. The minimum absolute atomic E-state index is 0.281. The number of hydrogen-bond donors (Lipinski definition) is 5. The van der Waals surface area contributed by atoms with Crippen molar-refractivity contribution < 1.29 is 33.9 Å². The number of rotatable bonds is 14. The van der Waals surface area contributed by atoms with Crippen molar-refractivity contribution in [1.82, 2.24) is 15.0 Å². The van der Waals surface area contributed by atoms with Crippen molar-refractivity contribution in [1.29, 1.82) is 0 Å². The molecule has 17 nitrogen and oxygen atoms in total. The SMILES string of the molecule is CCCCCCNO[C@@H]1[C@H](O)[C@@H](COP(N)O)O[C@@]1(c1cccc([N+](=O)[O-])c1[N+](=O)[O-])n1ccc(=O)[nH]c1=O. The van der Waals surface area contributed by atoms with Crippen LogP contribution in [0.2, 0.25) is 0 Å². The van der Waals surface area contributed by atoms with E-state index in [4.69, 9.17) is 19.6 Å². The number of aliphatic hydroxyl groups excluding tert-OH is 1. The fraction of sp³-hybridized carbons (Fsp3) is 0.524. The molecule has 0 amide bonds. The minimum Gasteiger partial charge on any atom is -0.387 e. The number of para-hydroxylation sites is 1. The van der Waals surface area contributed by atoms with E-state index in [-0.39, 0.29) is 6.54 Å². The van der Waals surface area contributed by atoms with Crippen LogP contribution in [0.5, 0.6) is 0 Å². The average Bonchev–Trinajstić information content (AvgIpc) is 3.16. The molecule has 0 radical (unpaired) electrons. The van der Waals surface area contributed by atoms with Crippen LogP contribution in [-0.2, 0) is 19.8 Å². The third-order valence-corrected chi connectivity index (χ3v) is 6.50. The van der Waals surface area contributed by atoms with E-state index < -0.39 is 77.2 Å².